The molecule has 0 radical (unpaired) electrons. The van der Waals surface area contributed by atoms with E-state index in [9.17, 15) is 14.5 Å². The Labute approximate surface area is 109 Å². The molecule has 1 fully saturated rings. The van der Waals surface area contributed by atoms with Gasteiger partial charge in [0, 0.05) is 23.0 Å². The fourth-order valence-electron chi connectivity index (χ4n) is 2.28. The van der Waals surface area contributed by atoms with Gasteiger partial charge in [0.05, 0.1) is 11.0 Å². The van der Waals surface area contributed by atoms with Gasteiger partial charge >= 0.3 is 0 Å². The summed E-state index contributed by atoms with van der Waals surface area (Å²) in [5.74, 6) is -0.578. The van der Waals surface area contributed by atoms with Crippen LogP contribution in [0.25, 0.3) is 0 Å². The molecule has 98 valence electrons. The van der Waals surface area contributed by atoms with Gasteiger partial charge in [-0.25, -0.2) is 4.39 Å². The van der Waals surface area contributed by atoms with E-state index in [1.54, 1.807) is 0 Å². The second-order valence-corrected chi connectivity index (χ2v) is 5.61. The van der Waals surface area contributed by atoms with Crippen molar-refractivity contribution in [1.82, 2.24) is 0 Å². The Kier molecular flexibility index (Phi) is 4.06. The first-order valence-electron chi connectivity index (χ1n) is 5.83. The van der Waals surface area contributed by atoms with E-state index in [2.05, 4.69) is 11.6 Å². The zero-order valence-corrected chi connectivity index (χ0v) is 10.9. The van der Waals surface area contributed by atoms with Crippen molar-refractivity contribution in [2.75, 3.05) is 11.6 Å². The standard InChI is InChI=1S/C12H15FN2O2S/c1-18-12-3-2-9(7-12)14-10-4-8(13)5-11(6-10)15(16)17/h4-6,9,12,14H,2-3,7H2,1H3. The Bertz CT molecular complexity index is 456. The van der Waals surface area contributed by atoms with Gasteiger partial charge in [-0.2, -0.15) is 11.8 Å². The van der Waals surface area contributed by atoms with Crippen LogP contribution in [0.5, 0.6) is 0 Å². The minimum Gasteiger partial charge on any atom is -0.382 e. The highest BCUT2D eigenvalue weighted by molar-refractivity contribution is 7.99. The van der Waals surface area contributed by atoms with Crippen LogP contribution in [-0.2, 0) is 0 Å². The van der Waals surface area contributed by atoms with Gasteiger partial charge in [0.15, 0.2) is 0 Å². The summed E-state index contributed by atoms with van der Waals surface area (Å²) < 4.78 is 13.3. The van der Waals surface area contributed by atoms with Gasteiger partial charge in [0.1, 0.15) is 5.82 Å². The number of hydrogen-bond donors (Lipinski definition) is 1. The van der Waals surface area contributed by atoms with Crippen molar-refractivity contribution in [2.45, 2.75) is 30.6 Å². The molecule has 0 aliphatic heterocycles. The normalized spacial score (nSPS) is 23.0. The maximum atomic E-state index is 13.3. The smallest absolute Gasteiger partial charge is 0.274 e. The number of rotatable bonds is 4. The van der Waals surface area contributed by atoms with E-state index in [0.29, 0.717) is 10.9 Å². The first-order valence-corrected chi connectivity index (χ1v) is 7.11. The van der Waals surface area contributed by atoms with Crippen LogP contribution in [0.2, 0.25) is 0 Å². The van der Waals surface area contributed by atoms with Crippen molar-refractivity contribution in [3.8, 4) is 0 Å². The molecule has 4 nitrogen and oxygen atoms in total. The topological polar surface area (TPSA) is 55.2 Å². The average molecular weight is 270 g/mol. The summed E-state index contributed by atoms with van der Waals surface area (Å²) in [6, 6.07) is 3.91. The second-order valence-electron chi connectivity index (χ2n) is 4.47. The summed E-state index contributed by atoms with van der Waals surface area (Å²) in [5.41, 5.74) is 0.283. The van der Waals surface area contributed by atoms with E-state index < -0.39 is 10.7 Å². The van der Waals surface area contributed by atoms with Crippen molar-refractivity contribution in [1.29, 1.82) is 0 Å². The molecule has 0 spiro atoms. The molecule has 0 amide bonds. The summed E-state index contributed by atoms with van der Waals surface area (Å²) >= 11 is 1.84. The molecule has 1 N–H and O–H groups in total. The molecule has 0 aromatic heterocycles. The lowest BCUT2D eigenvalue weighted by Gasteiger charge is -2.14. The van der Waals surface area contributed by atoms with Crippen molar-refractivity contribution in [2.24, 2.45) is 0 Å². The van der Waals surface area contributed by atoms with E-state index in [0.717, 1.165) is 25.3 Å². The monoisotopic (exact) mass is 270 g/mol. The molecule has 2 unspecified atom stereocenters. The summed E-state index contributed by atoms with van der Waals surface area (Å²) in [6.07, 6.45) is 5.26. The number of nitro benzene ring substituents is 1. The Morgan fingerprint density at radius 1 is 1.44 bits per heavy atom. The lowest BCUT2D eigenvalue weighted by atomic mass is 10.2. The lowest BCUT2D eigenvalue weighted by molar-refractivity contribution is -0.385. The summed E-state index contributed by atoms with van der Waals surface area (Å²) in [5, 5.41) is 14.5. The predicted octanol–water partition coefficient (Wildman–Crippen LogP) is 3.43. The highest BCUT2D eigenvalue weighted by atomic mass is 32.2. The Morgan fingerprint density at radius 2 is 2.22 bits per heavy atom. The van der Waals surface area contributed by atoms with Crippen LogP contribution in [0.15, 0.2) is 18.2 Å². The molecule has 6 heteroatoms. The van der Waals surface area contributed by atoms with Gasteiger partial charge < -0.3 is 5.32 Å². The third kappa shape index (κ3) is 3.13. The SMILES string of the molecule is CSC1CCC(Nc2cc(F)cc([N+](=O)[O-])c2)C1. The second kappa shape index (κ2) is 5.56. The summed E-state index contributed by atoms with van der Waals surface area (Å²) in [4.78, 5) is 10.1. The van der Waals surface area contributed by atoms with E-state index >= 15 is 0 Å². The van der Waals surface area contributed by atoms with E-state index in [-0.39, 0.29) is 11.7 Å². The molecular weight excluding hydrogens is 255 g/mol. The molecular formula is C12H15FN2O2S. The van der Waals surface area contributed by atoms with Crippen LogP contribution < -0.4 is 5.32 Å². The average Bonchev–Trinajstić information content (AvgIpc) is 2.76. The van der Waals surface area contributed by atoms with Crippen LogP contribution in [0, 0.1) is 15.9 Å². The number of nitro groups is 1. The number of anilines is 1. The highest BCUT2D eigenvalue weighted by Gasteiger charge is 2.24. The number of non-ortho nitro benzene ring substituents is 1. The first kappa shape index (κ1) is 13.1. The Balaban J connectivity index is 2.07. The molecule has 0 bridgehead atoms. The lowest BCUT2D eigenvalue weighted by Crippen LogP contribution is -2.16. The minimum atomic E-state index is -0.578. The Morgan fingerprint density at radius 3 is 2.83 bits per heavy atom. The van der Waals surface area contributed by atoms with Crippen molar-refractivity contribution in [3.63, 3.8) is 0 Å². The van der Waals surface area contributed by atoms with Crippen molar-refractivity contribution < 1.29 is 9.31 Å². The maximum Gasteiger partial charge on any atom is 0.274 e. The van der Waals surface area contributed by atoms with Gasteiger partial charge in [0.2, 0.25) is 0 Å². The van der Waals surface area contributed by atoms with Gasteiger partial charge in [-0.15, -0.1) is 0 Å². The van der Waals surface area contributed by atoms with E-state index in [1.165, 1.54) is 12.1 Å². The molecule has 18 heavy (non-hydrogen) atoms. The third-order valence-electron chi connectivity index (χ3n) is 3.18. The van der Waals surface area contributed by atoms with Gasteiger partial charge in [-0.3, -0.25) is 10.1 Å². The fraction of sp³-hybridized carbons (Fsp3) is 0.500. The zero-order valence-electron chi connectivity index (χ0n) is 10.1. The molecule has 2 rings (SSSR count). The van der Waals surface area contributed by atoms with Gasteiger partial charge in [-0.05, 0) is 31.6 Å². The van der Waals surface area contributed by atoms with Gasteiger partial charge in [-0.1, -0.05) is 0 Å². The van der Waals surface area contributed by atoms with E-state index in [4.69, 9.17) is 0 Å². The van der Waals surface area contributed by atoms with Crippen LogP contribution in [-0.4, -0.2) is 22.5 Å². The van der Waals surface area contributed by atoms with Crippen molar-refractivity contribution in [3.05, 3.63) is 34.1 Å². The van der Waals surface area contributed by atoms with Crippen LogP contribution in [0.4, 0.5) is 15.8 Å². The number of hydrogen-bond acceptors (Lipinski definition) is 4. The largest absolute Gasteiger partial charge is 0.382 e. The first-order chi connectivity index (χ1) is 8.58. The quantitative estimate of drug-likeness (QED) is 0.672. The van der Waals surface area contributed by atoms with Crippen LogP contribution in [0.1, 0.15) is 19.3 Å². The van der Waals surface area contributed by atoms with Crippen molar-refractivity contribution >= 4 is 23.1 Å². The third-order valence-corrected chi connectivity index (χ3v) is 4.28. The zero-order chi connectivity index (χ0) is 13.1. The fourth-order valence-corrected chi connectivity index (χ4v) is 3.08. The Hall–Kier alpha value is -1.30. The molecule has 0 saturated heterocycles. The number of benzene rings is 1. The predicted molar refractivity (Wildman–Crippen MR) is 71.6 cm³/mol. The van der Waals surface area contributed by atoms with Gasteiger partial charge in [0.25, 0.3) is 5.69 Å². The molecule has 0 heterocycles. The summed E-state index contributed by atoms with van der Waals surface area (Å²) in [6.45, 7) is 0. The van der Waals surface area contributed by atoms with Crippen LogP contribution >= 0.6 is 11.8 Å². The molecule has 1 aromatic rings. The molecule has 1 aromatic carbocycles. The number of thioether (sulfide) groups is 1. The number of nitrogens with zero attached hydrogens (tertiary/aromatic N) is 1. The highest BCUT2D eigenvalue weighted by Crippen LogP contribution is 2.31. The molecule has 2 atom stereocenters. The molecule has 1 aliphatic rings. The molecule has 1 saturated carbocycles. The van der Waals surface area contributed by atoms with E-state index in [1.807, 2.05) is 11.8 Å². The number of halogens is 1. The maximum absolute atomic E-state index is 13.3. The summed E-state index contributed by atoms with van der Waals surface area (Å²) in [7, 11) is 0. The van der Waals surface area contributed by atoms with Crippen LogP contribution in [0.3, 0.4) is 0 Å². The number of nitrogens with one attached hydrogen (secondary N) is 1. The molecule has 1 aliphatic carbocycles. The minimum absolute atomic E-state index is 0.211.